The first-order chi connectivity index (χ1) is 10.3. The van der Waals surface area contributed by atoms with Gasteiger partial charge in [-0.25, -0.2) is 4.98 Å². The zero-order valence-corrected chi connectivity index (χ0v) is 13.3. The van der Waals surface area contributed by atoms with Crippen LogP contribution in [-0.2, 0) is 13.1 Å². The van der Waals surface area contributed by atoms with Crippen LogP contribution in [0.5, 0.6) is 0 Å². The number of anilines is 1. The molecule has 2 aromatic rings. The largest absolute Gasteiger partial charge is 0.349 e. The van der Waals surface area contributed by atoms with Gasteiger partial charge in [-0.15, -0.1) is 11.3 Å². The lowest BCUT2D eigenvalue weighted by atomic mass is 10.1. The van der Waals surface area contributed by atoms with E-state index in [1.54, 1.807) is 11.3 Å². The monoisotopic (exact) mass is 300 g/mol. The van der Waals surface area contributed by atoms with E-state index in [1.807, 2.05) is 30.5 Å². The van der Waals surface area contributed by atoms with Crippen molar-refractivity contribution >= 4 is 16.5 Å². The highest BCUT2D eigenvalue weighted by Gasteiger charge is 2.07. The van der Waals surface area contributed by atoms with Crippen LogP contribution < -0.4 is 10.2 Å². The molecular weight excluding hydrogens is 280 g/mol. The van der Waals surface area contributed by atoms with E-state index in [0.717, 1.165) is 36.9 Å². The molecule has 1 N–H and O–H groups in total. The Morgan fingerprint density at radius 1 is 1.29 bits per heavy atom. The first kappa shape index (κ1) is 15.5. The third-order valence-corrected chi connectivity index (χ3v) is 4.32. The van der Waals surface area contributed by atoms with Gasteiger partial charge in [0.2, 0.25) is 0 Å². The molecule has 0 fully saturated rings. The second-order valence-corrected chi connectivity index (χ2v) is 5.79. The summed E-state index contributed by atoms with van der Waals surface area (Å²) < 4.78 is 0. The standard InChI is InChI=1S/C16H20N4S/c1-3-20(4-2)16-19-12-15(21-16)11-18-10-14-7-5-6-13(8-14)9-17/h5-8,12,18H,3-4,10-11H2,1-2H3. The highest BCUT2D eigenvalue weighted by Crippen LogP contribution is 2.22. The Balaban J connectivity index is 1.87. The highest BCUT2D eigenvalue weighted by atomic mass is 32.1. The van der Waals surface area contributed by atoms with E-state index in [1.165, 1.54) is 4.88 Å². The number of nitrogens with one attached hydrogen (secondary N) is 1. The van der Waals surface area contributed by atoms with Gasteiger partial charge in [-0.1, -0.05) is 12.1 Å². The van der Waals surface area contributed by atoms with Crippen molar-refractivity contribution in [2.45, 2.75) is 26.9 Å². The van der Waals surface area contributed by atoms with Crippen LogP contribution in [0.1, 0.15) is 29.9 Å². The fraction of sp³-hybridized carbons (Fsp3) is 0.375. The van der Waals surface area contributed by atoms with E-state index in [0.29, 0.717) is 5.56 Å². The Hall–Kier alpha value is -1.90. The average Bonchev–Trinajstić information content (AvgIpc) is 2.97. The molecule has 0 aliphatic heterocycles. The van der Waals surface area contributed by atoms with Crippen molar-refractivity contribution in [3.05, 3.63) is 46.5 Å². The van der Waals surface area contributed by atoms with Crippen molar-refractivity contribution < 1.29 is 0 Å². The van der Waals surface area contributed by atoms with E-state index < -0.39 is 0 Å². The van der Waals surface area contributed by atoms with Crippen molar-refractivity contribution in [1.82, 2.24) is 10.3 Å². The molecule has 1 aromatic carbocycles. The topological polar surface area (TPSA) is 52.0 Å². The summed E-state index contributed by atoms with van der Waals surface area (Å²) in [6.07, 6.45) is 1.94. The number of nitrogens with zero attached hydrogens (tertiary/aromatic N) is 3. The molecule has 0 unspecified atom stereocenters. The molecule has 0 aliphatic carbocycles. The minimum Gasteiger partial charge on any atom is -0.349 e. The minimum atomic E-state index is 0.705. The molecule has 1 aromatic heterocycles. The average molecular weight is 300 g/mol. The van der Waals surface area contributed by atoms with Crippen molar-refractivity contribution in [2.24, 2.45) is 0 Å². The van der Waals surface area contributed by atoms with Crippen molar-refractivity contribution in [1.29, 1.82) is 5.26 Å². The van der Waals surface area contributed by atoms with Gasteiger partial charge >= 0.3 is 0 Å². The van der Waals surface area contributed by atoms with Crippen LogP contribution in [0.25, 0.3) is 0 Å². The van der Waals surface area contributed by atoms with Crippen molar-refractivity contribution in [3.8, 4) is 6.07 Å². The maximum atomic E-state index is 8.89. The fourth-order valence-electron chi connectivity index (χ4n) is 2.10. The van der Waals surface area contributed by atoms with Gasteiger partial charge in [0.1, 0.15) is 0 Å². The van der Waals surface area contributed by atoms with Crippen LogP contribution in [0, 0.1) is 11.3 Å². The van der Waals surface area contributed by atoms with Gasteiger partial charge in [0.15, 0.2) is 5.13 Å². The molecule has 0 aliphatic rings. The van der Waals surface area contributed by atoms with Gasteiger partial charge in [-0.3, -0.25) is 0 Å². The molecule has 2 rings (SSSR count). The number of hydrogen-bond acceptors (Lipinski definition) is 5. The first-order valence-corrected chi connectivity index (χ1v) is 7.97. The fourth-order valence-corrected chi connectivity index (χ4v) is 3.11. The predicted molar refractivity (Wildman–Crippen MR) is 87.4 cm³/mol. The Morgan fingerprint density at radius 3 is 2.81 bits per heavy atom. The predicted octanol–water partition coefficient (Wildman–Crippen LogP) is 3.15. The van der Waals surface area contributed by atoms with Crippen LogP contribution in [0.2, 0.25) is 0 Å². The minimum absolute atomic E-state index is 0.705. The van der Waals surface area contributed by atoms with Crippen LogP contribution in [0.15, 0.2) is 30.5 Å². The summed E-state index contributed by atoms with van der Waals surface area (Å²) in [7, 11) is 0. The maximum absolute atomic E-state index is 8.89. The van der Waals surface area contributed by atoms with Crippen molar-refractivity contribution in [2.75, 3.05) is 18.0 Å². The lowest BCUT2D eigenvalue weighted by Gasteiger charge is -2.16. The summed E-state index contributed by atoms with van der Waals surface area (Å²) in [5.74, 6) is 0. The Bertz CT molecular complexity index is 611. The Labute approximate surface area is 130 Å². The number of aromatic nitrogens is 1. The van der Waals surface area contributed by atoms with E-state index in [9.17, 15) is 0 Å². The summed E-state index contributed by atoms with van der Waals surface area (Å²) in [5, 5.41) is 13.4. The second kappa shape index (κ2) is 7.77. The number of thiazole rings is 1. The summed E-state index contributed by atoms with van der Waals surface area (Å²) in [6, 6.07) is 9.85. The van der Waals surface area contributed by atoms with Gasteiger partial charge in [0, 0.05) is 37.3 Å². The lowest BCUT2D eigenvalue weighted by Crippen LogP contribution is -2.21. The molecule has 0 atom stereocenters. The molecule has 0 saturated carbocycles. The molecule has 0 spiro atoms. The van der Waals surface area contributed by atoms with Gasteiger partial charge in [-0.2, -0.15) is 5.26 Å². The Kier molecular flexibility index (Phi) is 5.73. The number of benzene rings is 1. The molecule has 0 radical (unpaired) electrons. The van der Waals surface area contributed by atoms with Crippen LogP contribution in [0.3, 0.4) is 0 Å². The van der Waals surface area contributed by atoms with E-state index in [-0.39, 0.29) is 0 Å². The molecule has 0 bridgehead atoms. The van der Waals surface area contributed by atoms with E-state index in [2.05, 4.69) is 35.1 Å². The first-order valence-electron chi connectivity index (χ1n) is 7.16. The highest BCUT2D eigenvalue weighted by molar-refractivity contribution is 7.15. The van der Waals surface area contributed by atoms with Crippen LogP contribution in [0.4, 0.5) is 5.13 Å². The molecular formula is C16H20N4S. The second-order valence-electron chi connectivity index (χ2n) is 4.70. The zero-order chi connectivity index (χ0) is 15.1. The molecule has 21 heavy (non-hydrogen) atoms. The smallest absolute Gasteiger partial charge is 0.185 e. The molecule has 0 saturated heterocycles. The Morgan fingerprint density at radius 2 is 2.10 bits per heavy atom. The normalized spacial score (nSPS) is 10.3. The van der Waals surface area contributed by atoms with Gasteiger partial charge in [0.05, 0.1) is 11.6 Å². The third kappa shape index (κ3) is 4.28. The summed E-state index contributed by atoms with van der Waals surface area (Å²) >= 11 is 1.73. The molecule has 110 valence electrons. The lowest BCUT2D eigenvalue weighted by molar-refractivity contribution is 0.700. The molecule has 1 heterocycles. The quantitative estimate of drug-likeness (QED) is 0.853. The maximum Gasteiger partial charge on any atom is 0.185 e. The molecule has 0 amide bonds. The number of nitriles is 1. The van der Waals surface area contributed by atoms with Gasteiger partial charge < -0.3 is 10.2 Å². The summed E-state index contributed by atoms with van der Waals surface area (Å²) in [4.78, 5) is 7.96. The van der Waals surface area contributed by atoms with E-state index >= 15 is 0 Å². The van der Waals surface area contributed by atoms with Gasteiger partial charge in [0.25, 0.3) is 0 Å². The van der Waals surface area contributed by atoms with Crippen LogP contribution in [-0.4, -0.2) is 18.1 Å². The third-order valence-electron chi connectivity index (χ3n) is 3.26. The number of hydrogen-bond donors (Lipinski definition) is 1. The summed E-state index contributed by atoms with van der Waals surface area (Å²) in [6.45, 7) is 7.81. The molecule has 5 heteroatoms. The van der Waals surface area contributed by atoms with E-state index in [4.69, 9.17) is 5.26 Å². The summed E-state index contributed by atoms with van der Waals surface area (Å²) in [5.41, 5.74) is 1.83. The van der Waals surface area contributed by atoms with Crippen LogP contribution >= 0.6 is 11.3 Å². The zero-order valence-electron chi connectivity index (χ0n) is 12.5. The van der Waals surface area contributed by atoms with Gasteiger partial charge in [-0.05, 0) is 31.5 Å². The SMILES string of the molecule is CCN(CC)c1ncc(CNCc2cccc(C#N)c2)s1. The molecule has 4 nitrogen and oxygen atoms in total. The van der Waals surface area contributed by atoms with Crippen molar-refractivity contribution in [3.63, 3.8) is 0 Å². The number of rotatable bonds is 7.